The Morgan fingerprint density at radius 3 is 2.67 bits per heavy atom. The highest BCUT2D eigenvalue weighted by Gasteiger charge is 2.36. The van der Waals surface area contributed by atoms with Crippen LogP contribution in [0.2, 0.25) is 0 Å². The number of hydroxylamine groups is 1. The summed E-state index contributed by atoms with van der Waals surface area (Å²) in [4.78, 5) is 5.92. The van der Waals surface area contributed by atoms with E-state index >= 15 is 0 Å². The number of benzene rings is 1. The minimum atomic E-state index is -0.174. The highest BCUT2D eigenvalue weighted by molar-refractivity contribution is 5.68. The van der Waals surface area contributed by atoms with E-state index in [1.165, 1.54) is 12.8 Å². The molecule has 5 nitrogen and oxygen atoms in total. The van der Waals surface area contributed by atoms with Crippen LogP contribution in [0.25, 0.3) is 5.70 Å². The minimum absolute atomic E-state index is 0.174. The Labute approximate surface area is 143 Å². The van der Waals surface area contributed by atoms with Crippen LogP contribution in [0.4, 0.5) is 0 Å². The molecule has 1 aromatic carbocycles. The molecule has 2 heterocycles. The highest BCUT2D eigenvalue weighted by atomic mass is 16.7. The fourth-order valence-corrected chi connectivity index (χ4v) is 3.84. The van der Waals surface area contributed by atoms with Crippen LogP contribution in [0.1, 0.15) is 44.1 Å². The molecular formula is C19H26N2O3. The van der Waals surface area contributed by atoms with Gasteiger partial charge in [0.1, 0.15) is 5.60 Å². The van der Waals surface area contributed by atoms with Crippen LogP contribution in [0.3, 0.4) is 0 Å². The van der Waals surface area contributed by atoms with Crippen LogP contribution in [0.15, 0.2) is 24.3 Å². The number of nitrogens with one attached hydrogen (secondary N) is 2. The zero-order valence-corrected chi connectivity index (χ0v) is 14.3. The molecular weight excluding hydrogens is 304 g/mol. The monoisotopic (exact) mass is 330 g/mol. The van der Waals surface area contributed by atoms with Crippen molar-refractivity contribution in [3.05, 3.63) is 29.8 Å². The Hall–Kier alpha value is -1.72. The number of methoxy groups -OCH3 is 1. The quantitative estimate of drug-likeness (QED) is 0.889. The molecule has 0 radical (unpaired) electrons. The van der Waals surface area contributed by atoms with Gasteiger partial charge in [-0.25, -0.2) is 0 Å². The van der Waals surface area contributed by atoms with Crippen LogP contribution < -0.4 is 20.3 Å². The molecule has 130 valence electrons. The molecule has 24 heavy (non-hydrogen) atoms. The van der Waals surface area contributed by atoms with E-state index in [2.05, 4.69) is 29.0 Å². The maximum Gasteiger partial charge on any atom is 0.162 e. The van der Waals surface area contributed by atoms with E-state index in [4.69, 9.17) is 14.3 Å². The molecule has 4 rings (SSSR count). The van der Waals surface area contributed by atoms with Gasteiger partial charge in [-0.3, -0.25) is 10.3 Å². The SMILES string of the molecule is COc1ccc(C2=CC3(CCNCC3)ON2)cc1OC1CCCC1. The number of ether oxygens (including phenoxy) is 2. The van der Waals surface area contributed by atoms with E-state index in [0.29, 0.717) is 6.10 Å². The van der Waals surface area contributed by atoms with E-state index < -0.39 is 0 Å². The summed E-state index contributed by atoms with van der Waals surface area (Å²) < 4.78 is 11.7. The van der Waals surface area contributed by atoms with Gasteiger partial charge in [-0.2, -0.15) is 0 Å². The lowest BCUT2D eigenvalue weighted by atomic mass is 9.91. The summed E-state index contributed by atoms with van der Waals surface area (Å²) in [7, 11) is 1.69. The Morgan fingerprint density at radius 2 is 1.92 bits per heavy atom. The molecule has 1 aliphatic carbocycles. The fraction of sp³-hybridized carbons (Fsp3) is 0.579. The first-order chi connectivity index (χ1) is 11.8. The van der Waals surface area contributed by atoms with E-state index in [0.717, 1.165) is 61.5 Å². The van der Waals surface area contributed by atoms with Gasteiger partial charge in [0.15, 0.2) is 11.5 Å². The van der Waals surface area contributed by atoms with Crippen molar-refractivity contribution in [1.82, 2.24) is 10.8 Å². The molecule has 0 bridgehead atoms. The Balaban J connectivity index is 1.57. The predicted octanol–water partition coefficient (Wildman–Crippen LogP) is 3.01. The van der Waals surface area contributed by atoms with Gasteiger partial charge < -0.3 is 14.8 Å². The summed E-state index contributed by atoms with van der Waals surface area (Å²) in [5.74, 6) is 1.62. The van der Waals surface area contributed by atoms with Crippen LogP contribution in [0, 0.1) is 0 Å². The Bertz CT molecular complexity index is 617. The van der Waals surface area contributed by atoms with Gasteiger partial charge >= 0.3 is 0 Å². The zero-order valence-electron chi connectivity index (χ0n) is 14.3. The van der Waals surface area contributed by atoms with Gasteiger partial charge in [0, 0.05) is 5.56 Å². The Morgan fingerprint density at radius 1 is 1.12 bits per heavy atom. The molecule has 1 saturated heterocycles. The van der Waals surface area contributed by atoms with E-state index in [1.54, 1.807) is 7.11 Å². The summed E-state index contributed by atoms with van der Waals surface area (Å²) in [5.41, 5.74) is 5.06. The summed E-state index contributed by atoms with van der Waals surface area (Å²) >= 11 is 0. The second kappa shape index (κ2) is 6.65. The molecule has 1 saturated carbocycles. The van der Waals surface area contributed by atoms with Crippen molar-refractivity contribution >= 4 is 5.70 Å². The third-order valence-electron chi connectivity index (χ3n) is 5.29. The van der Waals surface area contributed by atoms with Crippen molar-refractivity contribution in [2.24, 2.45) is 0 Å². The molecule has 2 N–H and O–H groups in total. The van der Waals surface area contributed by atoms with Crippen molar-refractivity contribution in [3.8, 4) is 11.5 Å². The normalized spacial score (nSPS) is 23.1. The molecule has 5 heteroatoms. The molecule has 0 unspecified atom stereocenters. The molecule has 0 amide bonds. The van der Waals surface area contributed by atoms with Crippen molar-refractivity contribution in [2.45, 2.75) is 50.2 Å². The van der Waals surface area contributed by atoms with Gasteiger partial charge in [0.25, 0.3) is 0 Å². The van der Waals surface area contributed by atoms with Crippen LogP contribution in [-0.4, -0.2) is 31.9 Å². The molecule has 2 fully saturated rings. The molecule has 3 aliphatic rings. The standard InChI is InChI=1S/C19H26N2O3/c1-22-17-7-6-14(12-18(17)23-15-4-2-3-5-15)16-13-19(24-21-16)8-10-20-11-9-19/h6-7,12-13,15,20-21H,2-5,8-11H2,1H3. The fourth-order valence-electron chi connectivity index (χ4n) is 3.84. The third kappa shape index (κ3) is 3.10. The second-order valence-corrected chi connectivity index (χ2v) is 6.97. The molecule has 2 aliphatic heterocycles. The lowest BCUT2D eigenvalue weighted by molar-refractivity contribution is -0.0515. The van der Waals surface area contributed by atoms with Gasteiger partial charge in [-0.15, -0.1) is 0 Å². The number of hydrogen-bond acceptors (Lipinski definition) is 5. The first-order valence-electron chi connectivity index (χ1n) is 9.01. The lowest BCUT2D eigenvalue weighted by Crippen LogP contribution is -2.41. The first-order valence-corrected chi connectivity index (χ1v) is 9.01. The summed E-state index contributed by atoms with van der Waals surface area (Å²) in [6.45, 7) is 1.98. The van der Waals surface area contributed by atoms with E-state index in [1.807, 2.05) is 6.07 Å². The molecule has 1 aromatic rings. The molecule has 0 atom stereocenters. The summed E-state index contributed by atoms with van der Waals surface area (Å²) in [5, 5.41) is 3.38. The predicted molar refractivity (Wildman–Crippen MR) is 92.9 cm³/mol. The van der Waals surface area contributed by atoms with Crippen LogP contribution in [0.5, 0.6) is 11.5 Å². The summed E-state index contributed by atoms with van der Waals surface area (Å²) in [6.07, 6.45) is 9.30. The van der Waals surface area contributed by atoms with Crippen molar-refractivity contribution < 1.29 is 14.3 Å². The van der Waals surface area contributed by atoms with Crippen molar-refractivity contribution in [1.29, 1.82) is 0 Å². The number of rotatable bonds is 4. The van der Waals surface area contributed by atoms with E-state index in [9.17, 15) is 0 Å². The highest BCUT2D eigenvalue weighted by Crippen LogP contribution is 2.37. The average molecular weight is 330 g/mol. The van der Waals surface area contributed by atoms with Gasteiger partial charge in [0.05, 0.1) is 18.9 Å². The number of piperidine rings is 1. The van der Waals surface area contributed by atoms with Crippen molar-refractivity contribution in [2.75, 3.05) is 20.2 Å². The van der Waals surface area contributed by atoms with Gasteiger partial charge in [0.2, 0.25) is 0 Å². The minimum Gasteiger partial charge on any atom is -0.493 e. The smallest absolute Gasteiger partial charge is 0.162 e. The third-order valence-corrected chi connectivity index (χ3v) is 5.29. The lowest BCUT2D eigenvalue weighted by Gasteiger charge is -2.29. The maximum absolute atomic E-state index is 6.20. The topological polar surface area (TPSA) is 51.8 Å². The van der Waals surface area contributed by atoms with Gasteiger partial charge in [-0.1, -0.05) is 0 Å². The second-order valence-electron chi connectivity index (χ2n) is 6.97. The van der Waals surface area contributed by atoms with E-state index in [-0.39, 0.29) is 5.60 Å². The largest absolute Gasteiger partial charge is 0.493 e. The van der Waals surface area contributed by atoms with Crippen LogP contribution >= 0.6 is 0 Å². The van der Waals surface area contributed by atoms with Gasteiger partial charge in [-0.05, 0) is 75.9 Å². The average Bonchev–Trinajstić information content (AvgIpc) is 3.26. The maximum atomic E-state index is 6.20. The number of hydrogen-bond donors (Lipinski definition) is 2. The summed E-state index contributed by atoms with van der Waals surface area (Å²) in [6, 6.07) is 6.11. The van der Waals surface area contributed by atoms with Crippen LogP contribution in [-0.2, 0) is 4.84 Å². The first kappa shape index (κ1) is 15.8. The molecule has 1 spiro atoms. The zero-order chi connectivity index (χ0) is 16.4. The molecule has 0 aromatic heterocycles. The van der Waals surface area contributed by atoms with Crippen molar-refractivity contribution in [3.63, 3.8) is 0 Å². The Kier molecular flexibility index (Phi) is 4.37.